The van der Waals surface area contributed by atoms with Gasteiger partial charge in [-0.25, -0.2) is 0 Å². The summed E-state index contributed by atoms with van der Waals surface area (Å²) in [7, 11) is 1.76. The molecule has 0 aromatic rings. The first-order valence-corrected chi connectivity index (χ1v) is 6.24. The van der Waals surface area contributed by atoms with Gasteiger partial charge in [-0.2, -0.15) is 0 Å². The van der Waals surface area contributed by atoms with E-state index in [2.05, 4.69) is 11.8 Å². The second kappa shape index (κ2) is 7.20. The van der Waals surface area contributed by atoms with Crippen LogP contribution in [0.15, 0.2) is 0 Å². The molecule has 2 atom stereocenters. The van der Waals surface area contributed by atoms with Crippen molar-refractivity contribution >= 4 is 0 Å². The number of nitrogens with zero attached hydrogens (tertiary/aromatic N) is 1. The quantitative estimate of drug-likeness (QED) is 0.753. The first-order chi connectivity index (χ1) is 7.31. The Hall–Kier alpha value is -0.120. The second-order valence-electron chi connectivity index (χ2n) is 4.59. The zero-order valence-electron chi connectivity index (χ0n) is 10.2. The predicted molar refractivity (Wildman–Crippen MR) is 63.9 cm³/mol. The normalized spacial score (nSPS) is 26.2. The summed E-state index contributed by atoms with van der Waals surface area (Å²) >= 11 is 0. The molecule has 2 N–H and O–H groups in total. The average Bonchev–Trinajstić information content (AvgIpc) is 2.51. The van der Waals surface area contributed by atoms with Gasteiger partial charge in [-0.1, -0.05) is 13.3 Å². The molecule has 1 saturated heterocycles. The summed E-state index contributed by atoms with van der Waals surface area (Å²) in [5.41, 5.74) is 5.79. The van der Waals surface area contributed by atoms with E-state index in [1.807, 2.05) is 0 Å². The molecule has 3 heteroatoms. The van der Waals surface area contributed by atoms with E-state index in [4.69, 9.17) is 10.5 Å². The third-order valence-corrected chi connectivity index (χ3v) is 3.61. The van der Waals surface area contributed by atoms with Gasteiger partial charge in [0.25, 0.3) is 0 Å². The minimum Gasteiger partial charge on any atom is -0.383 e. The van der Waals surface area contributed by atoms with Crippen LogP contribution in [0, 0.1) is 5.92 Å². The van der Waals surface area contributed by atoms with Gasteiger partial charge in [0.15, 0.2) is 0 Å². The van der Waals surface area contributed by atoms with Crippen molar-refractivity contribution in [2.24, 2.45) is 11.7 Å². The number of rotatable bonds is 5. The van der Waals surface area contributed by atoms with Crippen molar-refractivity contribution in [3.05, 3.63) is 0 Å². The molecule has 0 spiro atoms. The molecule has 0 aromatic carbocycles. The van der Waals surface area contributed by atoms with Crippen LogP contribution in [0.1, 0.15) is 32.6 Å². The molecule has 1 aliphatic rings. The molecule has 0 saturated carbocycles. The van der Waals surface area contributed by atoms with Crippen molar-refractivity contribution in [3.8, 4) is 0 Å². The zero-order valence-corrected chi connectivity index (χ0v) is 10.2. The molecule has 3 nitrogen and oxygen atoms in total. The van der Waals surface area contributed by atoms with Crippen LogP contribution in [-0.4, -0.2) is 44.3 Å². The molecule has 0 amide bonds. The highest BCUT2D eigenvalue weighted by atomic mass is 16.5. The molecule has 1 rings (SSSR count). The predicted octanol–water partition coefficient (Wildman–Crippen LogP) is 1.47. The molecular weight excluding hydrogens is 188 g/mol. The van der Waals surface area contributed by atoms with E-state index in [0.717, 1.165) is 12.5 Å². The van der Waals surface area contributed by atoms with Crippen LogP contribution in [0.2, 0.25) is 0 Å². The van der Waals surface area contributed by atoms with Crippen LogP contribution in [0.25, 0.3) is 0 Å². The average molecular weight is 214 g/mol. The third-order valence-electron chi connectivity index (χ3n) is 3.61. The van der Waals surface area contributed by atoms with E-state index in [-0.39, 0.29) is 0 Å². The van der Waals surface area contributed by atoms with E-state index in [0.29, 0.717) is 12.6 Å². The molecule has 15 heavy (non-hydrogen) atoms. The van der Waals surface area contributed by atoms with Crippen LogP contribution in [-0.2, 0) is 4.74 Å². The summed E-state index contributed by atoms with van der Waals surface area (Å²) < 4.78 is 5.22. The Morgan fingerprint density at radius 2 is 2.20 bits per heavy atom. The van der Waals surface area contributed by atoms with E-state index < -0.39 is 0 Å². The largest absolute Gasteiger partial charge is 0.383 e. The number of ether oxygens (including phenoxy) is 1. The van der Waals surface area contributed by atoms with Gasteiger partial charge in [0.1, 0.15) is 0 Å². The van der Waals surface area contributed by atoms with E-state index in [1.165, 1.54) is 38.8 Å². The Morgan fingerprint density at radius 1 is 1.40 bits per heavy atom. The maximum absolute atomic E-state index is 5.79. The molecule has 0 aliphatic carbocycles. The fourth-order valence-electron chi connectivity index (χ4n) is 2.48. The molecule has 1 heterocycles. The molecule has 0 radical (unpaired) electrons. The minimum absolute atomic E-state index is 0.422. The smallest absolute Gasteiger partial charge is 0.0630 e. The molecule has 90 valence electrons. The summed E-state index contributed by atoms with van der Waals surface area (Å²) in [6.07, 6.45) is 5.36. The summed E-state index contributed by atoms with van der Waals surface area (Å²) in [5.74, 6) is 0.927. The maximum Gasteiger partial charge on any atom is 0.0630 e. The van der Waals surface area contributed by atoms with Gasteiger partial charge in [0.2, 0.25) is 0 Å². The van der Waals surface area contributed by atoms with Gasteiger partial charge in [-0.3, -0.25) is 4.90 Å². The first kappa shape index (κ1) is 12.9. The number of hydrogen-bond acceptors (Lipinski definition) is 3. The number of nitrogens with two attached hydrogens (primary N) is 1. The van der Waals surface area contributed by atoms with Crippen molar-refractivity contribution in [2.75, 3.05) is 33.4 Å². The highest BCUT2D eigenvalue weighted by molar-refractivity contribution is 4.76. The number of hydrogen-bond donors (Lipinski definition) is 1. The monoisotopic (exact) mass is 214 g/mol. The Kier molecular flexibility index (Phi) is 6.22. The third kappa shape index (κ3) is 4.09. The van der Waals surface area contributed by atoms with Crippen molar-refractivity contribution in [2.45, 2.75) is 38.6 Å². The molecule has 2 unspecified atom stereocenters. The fraction of sp³-hybridized carbons (Fsp3) is 1.00. The minimum atomic E-state index is 0.422. The summed E-state index contributed by atoms with van der Waals surface area (Å²) in [4.78, 5) is 2.51. The fourth-order valence-corrected chi connectivity index (χ4v) is 2.48. The highest BCUT2D eigenvalue weighted by Crippen LogP contribution is 2.21. The van der Waals surface area contributed by atoms with Crippen molar-refractivity contribution in [1.82, 2.24) is 4.90 Å². The van der Waals surface area contributed by atoms with E-state index in [1.54, 1.807) is 7.11 Å². The zero-order chi connectivity index (χ0) is 11.1. The molecule has 1 fully saturated rings. The van der Waals surface area contributed by atoms with Crippen LogP contribution in [0.5, 0.6) is 0 Å². The van der Waals surface area contributed by atoms with Crippen molar-refractivity contribution in [3.63, 3.8) is 0 Å². The summed E-state index contributed by atoms with van der Waals surface area (Å²) in [6.45, 7) is 6.18. The lowest BCUT2D eigenvalue weighted by molar-refractivity contribution is 0.0954. The van der Waals surface area contributed by atoms with Gasteiger partial charge >= 0.3 is 0 Å². The lowest BCUT2D eigenvalue weighted by Crippen LogP contribution is -2.44. The van der Waals surface area contributed by atoms with Gasteiger partial charge < -0.3 is 10.5 Å². The van der Waals surface area contributed by atoms with Crippen molar-refractivity contribution < 1.29 is 4.74 Å². The lowest BCUT2D eigenvalue weighted by Gasteiger charge is -2.29. The van der Waals surface area contributed by atoms with Gasteiger partial charge in [0, 0.05) is 19.7 Å². The molecular formula is C12H26N2O. The molecule has 0 bridgehead atoms. The number of likely N-dealkylation sites (tertiary alicyclic amines) is 1. The second-order valence-corrected chi connectivity index (χ2v) is 4.59. The Bertz CT molecular complexity index is 164. The van der Waals surface area contributed by atoms with Gasteiger partial charge in [0.05, 0.1) is 6.61 Å². The Morgan fingerprint density at radius 3 is 2.80 bits per heavy atom. The van der Waals surface area contributed by atoms with Crippen LogP contribution in [0.4, 0.5) is 0 Å². The molecule has 0 aromatic heterocycles. The Balaban J connectivity index is 2.40. The van der Waals surface area contributed by atoms with Crippen molar-refractivity contribution in [1.29, 1.82) is 0 Å². The van der Waals surface area contributed by atoms with Crippen LogP contribution in [0.3, 0.4) is 0 Å². The lowest BCUT2D eigenvalue weighted by atomic mass is 9.98. The SMILES string of the molecule is CCC1CCCN(C(CN)COC)CC1. The Labute approximate surface area is 94.0 Å². The number of methoxy groups -OCH3 is 1. The standard InChI is InChI=1S/C12H26N2O/c1-3-11-5-4-7-14(8-6-11)12(9-13)10-15-2/h11-12H,3-10,13H2,1-2H3. The van der Waals surface area contributed by atoms with Crippen LogP contribution < -0.4 is 5.73 Å². The molecule has 1 aliphatic heterocycles. The van der Waals surface area contributed by atoms with E-state index >= 15 is 0 Å². The van der Waals surface area contributed by atoms with E-state index in [9.17, 15) is 0 Å². The van der Waals surface area contributed by atoms with Crippen LogP contribution >= 0.6 is 0 Å². The maximum atomic E-state index is 5.79. The summed E-state index contributed by atoms with van der Waals surface area (Å²) in [6, 6.07) is 0.422. The first-order valence-electron chi connectivity index (χ1n) is 6.24. The van der Waals surface area contributed by atoms with Gasteiger partial charge in [-0.05, 0) is 38.3 Å². The van der Waals surface area contributed by atoms with Gasteiger partial charge in [-0.15, -0.1) is 0 Å². The topological polar surface area (TPSA) is 38.5 Å². The summed E-state index contributed by atoms with van der Waals surface area (Å²) in [5, 5.41) is 0. The highest BCUT2D eigenvalue weighted by Gasteiger charge is 2.21.